The van der Waals surface area contributed by atoms with E-state index in [-0.39, 0.29) is 6.04 Å². The number of aliphatic carboxylic acids is 1. The Hall–Kier alpha value is -0.860. The highest BCUT2D eigenvalue weighted by atomic mass is 16.4. The summed E-state index contributed by atoms with van der Waals surface area (Å²) in [5.41, 5.74) is 0. The van der Waals surface area contributed by atoms with Crippen LogP contribution in [0.4, 0.5) is 0 Å². The van der Waals surface area contributed by atoms with Gasteiger partial charge in [-0.3, -0.25) is 0 Å². The first-order chi connectivity index (χ1) is 5.25. The van der Waals surface area contributed by atoms with Gasteiger partial charge in [-0.2, -0.15) is 0 Å². The lowest BCUT2D eigenvalue weighted by Gasteiger charge is -2.07. The lowest BCUT2D eigenvalue weighted by molar-refractivity contribution is -0.540. The van der Waals surface area contributed by atoms with Gasteiger partial charge in [0.25, 0.3) is 0 Å². The van der Waals surface area contributed by atoms with Gasteiger partial charge in [-0.05, 0) is 0 Å². The Morgan fingerprint density at radius 3 is 3.09 bits per heavy atom. The SMILES string of the molecule is CCC=[N+]1CCC[C@H]1C(=O)[O-]. The van der Waals surface area contributed by atoms with E-state index in [0.29, 0.717) is 0 Å². The van der Waals surface area contributed by atoms with Crippen LogP contribution in [0.2, 0.25) is 0 Å². The van der Waals surface area contributed by atoms with Crippen molar-refractivity contribution in [3.05, 3.63) is 0 Å². The normalized spacial score (nSPS) is 27.7. The van der Waals surface area contributed by atoms with Gasteiger partial charge in [-0.15, -0.1) is 0 Å². The molecule has 0 amide bonds. The Kier molecular flexibility index (Phi) is 2.63. The molecule has 0 aromatic rings. The highest BCUT2D eigenvalue weighted by Crippen LogP contribution is 2.10. The van der Waals surface area contributed by atoms with E-state index < -0.39 is 5.97 Å². The Morgan fingerprint density at radius 2 is 2.55 bits per heavy atom. The Balaban J connectivity index is 2.65. The lowest BCUT2D eigenvalue weighted by Crippen LogP contribution is -2.40. The minimum atomic E-state index is -0.938. The van der Waals surface area contributed by atoms with Gasteiger partial charge >= 0.3 is 0 Å². The molecular formula is C8H13NO2. The molecule has 3 heteroatoms. The number of carbonyl (C=O) groups excluding carboxylic acids is 1. The maximum atomic E-state index is 10.5. The molecule has 1 aliphatic rings. The van der Waals surface area contributed by atoms with E-state index in [2.05, 4.69) is 0 Å². The molecule has 0 unspecified atom stereocenters. The van der Waals surface area contributed by atoms with Crippen LogP contribution in [0.5, 0.6) is 0 Å². The van der Waals surface area contributed by atoms with Gasteiger partial charge in [-0.25, -0.2) is 4.58 Å². The van der Waals surface area contributed by atoms with Crippen LogP contribution < -0.4 is 5.11 Å². The molecule has 0 aromatic carbocycles. The minimum Gasteiger partial charge on any atom is -0.543 e. The zero-order valence-electron chi connectivity index (χ0n) is 6.75. The molecule has 0 radical (unpaired) electrons. The molecule has 1 heterocycles. The highest BCUT2D eigenvalue weighted by Gasteiger charge is 2.27. The monoisotopic (exact) mass is 155 g/mol. The van der Waals surface area contributed by atoms with Crippen molar-refractivity contribution in [2.45, 2.75) is 32.2 Å². The zero-order valence-corrected chi connectivity index (χ0v) is 6.75. The molecule has 0 bridgehead atoms. The number of hydrogen-bond acceptors (Lipinski definition) is 2. The predicted molar refractivity (Wildman–Crippen MR) is 39.5 cm³/mol. The van der Waals surface area contributed by atoms with Gasteiger partial charge in [0.05, 0.1) is 0 Å². The number of hydrogen-bond donors (Lipinski definition) is 0. The van der Waals surface area contributed by atoms with Crippen LogP contribution in [0.3, 0.4) is 0 Å². The average Bonchev–Trinajstić information content (AvgIpc) is 2.36. The molecule has 0 aromatic heterocycles. The third kappa shape index (κ3) is 1.79. The van der Waals surface area contributed by atoms with Gasteiger partial charge in [0.15, 0.2) is 6.04 Å². The molecule has 1 atom stereocenters. The van der Waals surface area contributed by atoms with E-state index in [1.165, 1.54) is 0 Å². The van der Waals surface area contributed by atoms with Crippen molar-refractivity contribution in [1.29, 1.82) is 0 Å². The van der Waals surface area contributed by atoms with Gasteiger partial charge in [0.1, 0.15) is 18.7 Å². The Labute approximate surface area is 66.3 Å². The van der Waals surface area contributed by atoms with Gasteiger partial charge in [0, 0.05) is 19.3 Å². The van der Waals surface area contributed by atoms with Crippen LogP contribution in [-0.4, -0.2) is 29.3 Å². The summed E-state index contributed by atoms with van der Waals surface area (Å²) in [6.07, 6.45) is 4.53. The molecule has 62 valence electrons. The summed E-state index contributed by atoms with van der Waals surface area (Å²) < 4.78 is 1.87. The van der Waals surface area contributed by atoms with Crippen molar-refractivity contribution in [3.8, 4) is 0 Å². The summed E-state index contributed by atoms with van der Waals surface area (Å²) in [6, 6.07) is -0.366. The summed E-state index contributed by atoms with van der Waals surface area (Å²) >= 11 is 0. The molecule has 1 aliphatic heterocycles. The summed E-state index contributed by atoms with van der Waals surface area (Å²) in [6.45, 7) is 2.87. The third-order valence-corrected chi connectivity index (χ3v) is 1.98. The van der Waals surface area contributed by atoms with E-state index in [1.54, 1.807) is 0 Å². The van der Waals surface area contributed by atoms with Crippen LogP contribution in [0.25, 0.3) is 0 Å². The van der Waals surface area contributed by atoms with E-state index in [4.69, 9.17) is 0 Å². The number of carbonyl (C=O) groups is 1. The fourth-order valence-corrected chi connectivity index (χ4v) is 1.50. The van der Waals surface area contributed by atoms with E-state index >= 15 is 0 Å². The summed E-state index contributed by atoms with van der Waals surface area (Å²) in [4.78, 5) is 10.5. The maximum Gasteiger partial charge on any atom is 0.192 e. The molecule has 1 fully saturated rings. The number of nitrogens with zero attached hydrogens (tertiary/aromatic N) is 1. The molecule has 0 aliphatic carbocycles. The topological polar surface area (TPSA) is 43.1 Å². The maximum absolute atomic E-state index is 10.5. The number of carboxylic acids is 1. The molecule has 0 N–H and O–H groups in total. The fourth-order valence-electron chi connectivity index (χ4n) is 1.50. The van der Waals surface area contributed by atoms with E-state index in [9.17, 15) is 9.90 Å². The summed E-state index contributed by atoms with van der Waals surface area (Å²) in [7, 11) is 0. The van der Waals surface area contributed by atoms with E-state index in [0.717, 1.165) is 25.8 Å². The smallest absolute Gasteiger partial charge is 0.192 e. The lowest BCUT2D eigenvalue weighted by atomic mass is 10.2. The minimum absolute atomic E-state index is 0.366. The first kappa shape index (κ1) is 8.24. The third-order valence-electron chi connectivity index (χ3n) is 1.98. The Bertz CT molecular complexity index is 187. The van der Waals surface area contributed by atoms with E-state index in [1.807, 2.05) is 17.7 Å². The molecule has 0 saturated carbocycles. The molecule has 3 nitrogen and oxygen atoms in total. The summed E-state index contributed by atoms with van der Waals surface area (Å²) in [5.74, 6) is -0.938. The van der Waals surface area contributed by atoms with Crippen LogP contribution in [0, 0.1) is 0 Å². The summed E-state index contributed by atoms with van der Waals surface area (Å²) in [5, 5.41) is 10.5. The highest BCUT2D eigenvalue weighted by molar-refractivity contribution is 5.70. The molecule has 1 rings (SSSR count). The largest absolute Gasteiger partial charge is 0.543 e. The van der Waals surface area contributed by atoms with Crippen LogP contribution >= 0.6 is 0 Å². The second-order valence-electron chi connectivity index (χ2n) is 2.81. The van der Waals surface area contributed by atoms with Gasteiger partial charge in [0.2, 0.25) is 0 Å². The standard InChI is InChI=1S/C8H13NO2/c1-2-5-9-6-3-4-7(9)8(10)11/h5,7H,2-4,6H2,1H3/t7-/m0/s1. The average molecular weight is 155 g/mol. The molecule has 11 heavy (non-hydrogen) atoms. The number of rotatable bonds is 2. The molecular weight excluding hydrogens is 142 g/mol. The van der Waals surface area contributed by atoms with Crippen molar-refractivity contribution in [3.63, 3.8) is 0 Å². The van der Waals surface area contributed by atoms with Crippen molar-refractivity contribution >= 4 is 12.2 Å². The van der Waals surface area contributed by atoms with Gasteiger partial charge in [-0.1, -0.05) is 6.92 Å². The first-order valence-corrected chi connectivity index (χ1v) is 4.05. The Morgan fingerprint density at radius 1 is 1.82 bits per heavy atom. The van der Waals surface area contributed by atoms with Crippen LogP contribution in [0.1, 0.15) is 26.2 Å². The fraction of sp³-hybridized carbons (Fsp3) is 0.750. The van der Waals surface area contributed by atoms with Crippen molar-refractivity contribution in [1.82, 2.24) is 0 Å². The zero-order chi connectivity index (χ0) is 8.27. The van der Waals surface area contributed by atoms with Gasteiger partial charge < -0.3 is 9.90 Å². The van der Waals surface area contributed by atoms with Crippen LogP contribution in [0.15, 0.2) is 0 Å². The van der Waals surface area contributed by atoms with Crippen molar-refractivity contribution in [2.75, 3.05) is 6.54 Å². The van der Waals surface area contributed by atoms with Crippen molar-refractivity contribution in [2.24, 2.45) is 0 Å². The van der Waals surface area contributed by atoms with Crippen LogP contribution in [-0.2, 0) is 4.79 Å². The quantitative estimate of drug-likeness (QED) is 0.499. The predicted octanol–water partition coefficient (Wildman–Crippen LogP) is -0.608. The second-order valence-corrected chi connectivity index (χ2v) is 2.81. The molecule has 0 spiro atoms. The molecule has 1 saturated heterocycles. The number of carboxylic acid groups (broad SMARTS) is 1. The first-order valence-electron chi connectivity index (χ1n) is 4.05. The second kappa shape index (κ2) is 3.51. The van der Waals surface area contributed by atoms with Crippen molar-refractivity contribution < 1.29 is 14.5 Å².